The Labute approximate surface area is 230 Å². The number of aromatic amines is 1. The van der Waals surface area contributed by atoms with Gasteiger partial charge in [0.2, 0.25) is 11.8 Å². The van der Waals surface area contributed by atoms with Crippen LogP contribution in [0, 0.1) is 0 Å². The minimum Gasteiger partial charge on any atom is -0.492 e. The van der Waals surface area contributed by atoms with Gasteiger partial charge in [-0.2, -0.15) is 4.68 Å². The molecule has 1 aliphatic carbocycles. The first-order chi connectivity index (χ1) is 19.2. The molecular formula is C26H35N7O7. The highest BCUT2D eigenvalue weighted by Gasteiger charge is 2.32. The molecule has 6 N–H and O–H groups in total. The first-order valence-corrected chi connectivity index (χ1v) is 13.3. The van der Waals surface area contributed by atoms with Crippen LogP contribution in [0.15, 0.2) is 40.1 Å². The van der Waals surface area contributed by atoms with Gasteiger partial charge in [-0.3, -0.25) is 9.79 Å². The Morgan fingerprint density at radius 2 is 1.85 bits per heavy atom. The van der Waals surface area contributed by atoms with Crippen LogP contribution >= 0.6 is 0 Å². The monoisotopic (exact) mass is 557 g/mol. The van der Waals surface area contributed by atoms with E-state index in [-0.39, 0.29) is 18.7 Å². The van der Waals surface area contributed by atoms with Crippen molar-refractivity contribution in [2.75, 3.05) is 18.1 Å². The Morgan fingerprint density at radius 3 is 2.48 bits per heavy atom. The summed E-state index contributed by atoms with van der Waals surface area (Å²) < 4.78 is 5.73. The summed E-state index contributed by atoms with van der Waals surface area (Å²) in [6.07, 6.45) is 4.37. The maximum Gasteiger partial charge on any atom is 0.408 e. The van der Waals surface area contributed by atoms with Crippen LogP contribution in [-0.2, 0) is 27.4 Å². The van der Waals surface area contributed by atoms with E-state index in [0.717, 1.165) is 30.7 Å². The van der Waals surface area contributed by atoms with Crippen LogP contribution in [0.4, 0.5) is 4.79 Å². The zero-order chi connectivity index (χ0) is 28.6. The van der Waals surface area contributed by atoms with Crippen LogP contribution in [0.5, 0.6) is 5.88 Å². The normalized spacial score (nSPS) is 19.7. The standard InChI is InChI=1S/C26H35N7O7/c1-16(34)32(14-21(23(36)37)31-26(39)40-15-17-8-3-2-4-9-17)33-22(35)20(30-25(33)38)12-7-13-27-24-28-18-10-5-6-11-19(18)29-24/h2-4,8-9,18-19,21,35H,5-7,10-15H2,1H3,(H,30,38)(H,31,39)(H,36,37)(H2,27,28,29)/t18-,19+,21-/m0/s1. The molecule has 216 valence electrons. The molecule has 4 rings (SSSR count). The number of benzene rings is 1. The number of H-pyrrole nitrogens is 1. The molecule has 40 heavy (non-hydrogen) atoms. The van der Waals surface area contributed by atoms with Crippen LogP contribution in [0.2, 0.25) is 0 Å². The van der Waals surface area contributed by atoms with E-state index in [0.29, 0.717) is 35.3 Å². The molecular weight excluding hydrogens is 522 g/mol. The lowest BCUT2D eigenvalue weighted by atomic mass is 9.92. The summed E-state index contributed by atoms with van der Waals surface area (Å²) in [6.45, 7) is 0.827. The number of imidazole rings is 1. The van der Waals surface area contributed by atoms with Crippen LogP contribution in [0.3, 0.4) is 0 Å². The number of rotatable bonds is 11. The lowest BCUT2D eigenvalue weighted by molar-refractivity contribution is -0.139. The average Bonchev–Trinajstić information content (AvgIpc) is 3.47. The van der Waals surface area contributed by atoms with Crippen molar-refractivity contribution >= 4 is 23.9 Å². The third-order valence-electron chi connectivity index (χ3n) is 6.95. The number of aromatic nitrogens is 2. The van der Waals surface area contributed by atoms with Crippen LogP contribution in [0.1, 0.15) is 50.3 Å². The smallest absolute Gasteiger partial charge is 0.408 e. The fraction of sp³-hybridized carbons (Fsp3) is 0.500. The number of aliphatic carboxylic acids is 1. The van der Waals surface area contributed by atoms with E-state index in [4.69, 9.17) is 4.74 Å². The summed E-state index contributed by atoms with van der Waals surface area (Å²) in [7, 11) is 0. The number of aryl methyl sites for hydroxylation is 1. The number of alkyl carbamates (subject to hydrolysis) is 1. The minimum atomic E-state index is -1.62. The summed E-state index contributed by atoms with van der Waals surface area (Å²) in [5.74, 6) is -1.95. The summed E-state index contributed by atoms with van der Waals surface area (Å²) in [6, 6.07) is 7.97. The number of fused-ring (bicyclic) bond motifs is 1. The molecule has 1 aromatic heterocycles. The Kier molecular flexibility index (Phi) is 9.30. The topological polar surface area (TPSA) is 190 Å². The predicted octanol–water partition coefficient (Wildman–Crippen LogP) is 0.539. The number of aromatic hydroxyl groups is 1. The van der Waals surface area contributed by atoms with Crippen molar-refractivity contribution in [3.05, 3.63) is 52.1 Å². The number of hydrogen-bond donors (Lipinski definition) is 6. The Balaban J connectivity index is 1.36. The van der Waals surface area contributed by atoms with E-state index < -0.39 is 42.1 Å². The van der Waals surface area contributed by atoms with Gasteiger partial charge in [-0.05, 0) is 31.2 Å². The van der Waals surface area contributed by atoms with Gasteiger partial charge in [0.1, 0.15) is 12.6 Å². The van der Waals surface area contributed by atoms with E-state index in [1.165, 1.54) is 12.8 Å². The number of carboxylic acid groups (broad SMARTS) is 1. The van der Waals surface area contributed by atoms with Crippen molar-refractivity contribution in [3.8, 4) is 5.88 Å². The van der Waals surface area contributed by atoms with Gasteiger partial charge in [0.15, 0.2) is 5.96 Å². The molecule has 1 aromatic carbocycles. The molecule has 14 nitrogen and oxygen atoms in total. The van der Waals surface area contributed by atoms with Crippen molar-refractivity contribution in [1.29, 1.82) is 0 Å². The predicted molar refractivity (Wildman–Crippen MR) is 145 cm³/mol. The second-order valence-electron chi connectivity index (χ2n) is 9.86. The minimum absolute atomic E-state index is 0.0876. The fourth-order valence-electron chi connectivity index (χ4n) is 4.88. The lowest BCUT2D eigenvalue weighted by Crippen LogP contribution is -2.55. The Morgan fingerprint density at radius 1 is 1.18 bits per heavy atom. The number of carbonyl (C=O) groups excluding carboxylic acids is 2. The second-order valence-corrected chi connectivity index (χ2v) is 9.86. The van der Waals surface area contributed by atoms with E-state index in [2.05, 4.69) is 25.9 Å². The SMILES string of the molecule is CC(=O)N(C[C@H](NC(=O)OCc1ccccc1)C(=O)O)n1c(O)c(CCCN=C2N[C@H]3CCCC[C@H]3N2)[nH]c1=O. The summed E-state index contributed by atoms with van der Waals surface area (Å²) >= 11 is 0. The molecule has 0 bridgehead atoms. The molecule has 1 saturated carbocycles. The van der Waals surface area contributed by atoms with Crippen LogP contribution < -0.4 is 26.6 Å². The molecule has 1 aliphatic heterocycles. The van der Waals surface area contributed by atoms with Gasteiger partial charge in [-0.1, -0.05) is 43.2 Å². The molecule has 0 unspecified atom stereocenters. The Hall–Kier alpha value is -4.49. The highest BCUT2D eigenvalue weighted by atomic mass is 16.5. The van der Waals surface area contributed by atoms with Gasteiger partial charge in [0.05, 0.1) is 12.2 Å². The third kappa shape index (κ3) is 7.12. The quantitative estimate of drug-likeness (QED) is 0.214. The van der Waals surface area contributed by atoms with Gasteiger partial charge >= 0.3 is 17.8 Å². The molecule has 2 aliphatic rings. The summed E-state index contributed by atoms with van der Waals surface area (Å²) in [4.78, 5) is 56.2. The van der Waals surface area contributed by atoms with Crippen molar-refractivity contribution in [3.63, 3.8) is 0 Å². The van der Waals surface area contributed by atoms with Gasteiger partial charge < -0.3 is 35.9 Å². The third-order valence-corrected chi connectivity index (χ3v) is 6.95. The molecule has 0 spiro atoms. The van der Waals surface area contributed by atoms with Crippen molar-refractivity contribution in [2.24, 2.45) is 4.99 Å². The summed E-state index contributed by atoms with van der Waals surface area (Å²) in [5.41, 5.74) is 0.0546. The van der Waals surface area contributed by atoms with E-state index in [1.54, 1.807) is 30.3 Å². The fourth-order valence-corrected chi connectivity index (χ4v) is 4.88. The second kappa shape index (κ2) is 13.0. The molecule has 2 amide bonds. The van der Waals surface area contributed by atoms with Crippen LogP contribution in [0.25, 0.3) is 0 Å². The molecule has 2 fully saturated rings. The molecule has 1 saturated heterocycles. The Bertz CT molecular complexity index is 1270. The number of nitrogens with zero attached hydrogens (tertiary/aromatic N) is 3. The zero-order valence-corrected chi connectivity index (χ0v) is 22.3. The van der Waals surface area contributed by atoms with Gasteiger partial charge in [-0.25, -0.2) is 19.4 Å². The first kappa shape index (κ1) is 28.5. The molecule has 14 heteroatoms. The van der Waals surface area contributed by atoms with E-state index >= 15 is 0 Å². The number of carbonyl (C=O) groups is 3. The number of amides is 2. The van der Waals surface area contributed by atoms with Gasteiger partial charge in [0.25, 0.3) is 0 Å². The van der Waals surface area contributed by atoms with E-state index in [1.807, 2.05) is 0 Å². The molecule has 0 radical (unpaired) electrons. The molecule has 2 aromatic rings. The van der Waals surface area contributed by atoms with Crippen molar-refractivity contribution in [2.45, 2.75) is 70.2 Å². The van der Waals surface area contributed by atoms with Crippen molar-refractivity contribution < 1.29 is 29.3 Å². The number of hydrogen-bond acceptors (Lipinski definition) is 7. The average molecular weight is 558 g/mol. The van der Waals surface area contributed by atoms with E-state index in [9.17, 15) is 29.4 Å². The van der Waals surface area contributed by atoms with Crippen molar-refractivity contribution in [1.82, 2.24) is 25.6 Å². The number of carboxylic acids is 1. The lowest BCUT2D eigenvalue weighted by Gasteiger charge is -2.25. The van der Waals surface area contributed by atoms with Crippen LogP contribution in [-0.4, -0.2) is 75.0 Å². The highest BCUT2D eigenvalue weighted by molar-refractivity contribution is 5.86. The number of nitrogens with one attached hydrogen (secondary N) is 4. The maximum absolute atomic E-state index is 12.7. The van der Waals surface area contributed by atoms with Gasteiger partial charge in [0, 0.05) is 25.6 Å². The summed E-state index contributed by atoms with van der Waals surface area (Å²) in [5, 5.41) is 30.1. The number of guanidine groups is 1. The first-order valence-electron chi connectivity index (χ1n) is 13.3. The zero-order valence-electron chi connectivity index (χ0n) is 22.3. The van der Waals surface area contributed by atoms with Gasteiger partial charge in [-0.15, -0.1) is 0 Å². The molecule has 2 heterocycles. The maximum atomic E-state index is 12.7. The number of aliphatic imine (C=N–C) groups is 1. The number of ether oxygens (including phenoxy) is 1. The highest BCUT2D eigenvalue weighted by Crippen LogP contribution is 2.21. The largest absolute Gasteiger partial charge is 0.492 e. The molecule has 3 atom stereocenters.